The first kappa shape index (κ1) is 30.9. The molecule has 0 aliphatic rings. The molecule has 0 spiro atoms. The van der Waals surface area contributed by atoms with Gasteiger partial charge in [0, 0.05) is 32.8 Å². The van der Waals surface area contributed by atoms with Crippen LogP contribution in [0, 0.1) is 0 Å². The Labute approximate surface area is 322 Å². The van der Waals surface area contributed by atoms with Crippen molar-refractivity contribution in [3.8, 4) is 33.9 Å². The predicted molar refractivity (Wildman–Crippen MR) is 234 cm³/mol. The van der Waals surface area contributed by atoms with Crippen LogP contribution in [-0.2, 0) is 0 Å². The van der Waals surface area contributed by atoms with Gasteiger partial charge in [-0.3, -0.25) is 4.57 Å². The molecule has 0 radical (unpaired) electrons. The van der Waals surface area contributed by atoms with Gasteiger partial charge in [-0.05, 0) is 75.1 Å². The van der Waals surface area contributed by atoms with Gasteiger partial charge in [-0.1, -0.05) is 152 Å². The van der Waals surface area contributed by atoms with E-state index in [-0.39, 0.29) is 0 Å². The van der Waals surface area contributed by atoms with Crippen molar-refractivity contribution in [2.75, 3.05) is 0 Å². The van der Waals surface area contributed by atoms with Crippen LogP contribution in [0.1, 0.15) is 0 Å². The van der Waals surface area contributed by atoms with Crippen molar-refractivity contribution in [2.45, 2.75) is 0 Å². The summed E-state index contributed by atoms with van der Waals surface area (Å²) in [5.74, 6) is 0.803. The lowest BCUT2D eigenvalue weighted by atomic mass is 10.0. The van der Waals surface area contributed by atoms with Crippen molar-refractivity contribution >= 4 is 76.2 Å². The number of benzene rings is 9. The van der Waals surface area contributed by atoms with Gasteiger partial charge in [0.05, 0.1) is 33.1 Å². The monoisotopic (exact) mass is 712 g/mol. The highest BCUT2D eigenvalue weighted by molar-refractivity contribution is 6.23. The molecule has 0 aliphatic carbocycles. The Kier molecular flexibility index (Phi) is 6.60. The van der Waals surface area contributed by atoms with E-state index in [1.807, 2.05) is 12.1 Å². The Bertz CT molecular complexity index is 3520. The zero-order valence-corrected chi connectivity index (χ0v) is 30.3. The molecule has 0 bridgehead atoms. The molecular formula is C52H32N4. The molecule has 56 heavy (non-hydrogen) atoms. The Balaban J connectivity index is 1.18. The van der Waals surface area contributed by atoms with Gasteiger partial charge in [0.1, 0.15) is 5.69 Å². The number of hydrogen-bond donors (Lipinski definition) is 0. The molecule has 3 heterocycles. The van der Waals surface area contributed by atoms with Crippen molar-refractivity contribution in [1.82, 2.24) is 19.1 Å². The van der Waals surface area contributed by atoms with Gasteiger partial charge in [0.15, 0.2) is 5.82 Å². The Morgan fingerprint density at radius 1 is 0.321 bits per heavy atom. The summed E-state index contributed by atoms with van der Waals surface area (Å²) >= 11 is 0. The van der Waals surface area contributed by atoms with Gasteiger partial charge in [-0.2, -0.15) is 0 Å². The average Bonchev–Trinajstić information content (AvgIpc) is 3.79. The second-order valence-electron chi connectivity index (χ2n) is 14.6. The summed E-state index contributed by atoms with van der Waals surface area (Å²) < 4.78 is 4.77. The normalized spacial score (nSPS) is 11.9. The minimum atomic E-state index is 0.803. The second kappa shape index (κ2) is 12.0. The van der Waals surface area contributed by atoms with E-state index in [1.165, 1.54) is 59.7 Å². The van der Waals surface area contributed by atoms with Crippen molar-refractivity contribution in [3.63, 3.8) is 0 Å². The summed E-state index contributed by atoms with van der Waals surface area (Å²) in [7, 11) is 0. The maximum atomic E-state index is 5.48. The number of aromatic nitrogens is 4. The van der Waals surface area contributed by atoms with E-state index in [0.29, 0.717) is 0 Å². The first-order valence-corrected chi connectivity index (χ1v) is 19.1. The highest BCUT2D eigenvalue weighted by Crippen LogP contribution is 2.42. The SMILES string of the molecule is c1ccc(-c2ccc(-c3nc4ccccc4nc3-n3c4cc(-n5c6ccccc6c6c7ccccc7ccc65)ccc4c4c5ccccc5ccc43)cc2)cc1. The van der Waals surface area contributed by atoms with Crippen molar-refractivity contribution in [2.24, 2.45) is 0 Å². The quantitative estimate of drug-likeness (QED) is 0.182. The second-order valence-corrected chi connectivity index (χ2v) is 14.6. The number of nitrogens with zero attached hydrogens (tertiary/aromatic N) is 4. The van der Waals surface area contributed by atoms with E-state index in [9.17, 15) is 0 Å². The van der Waals surface area contributed by atoms with E-state index < -0.39 is 0 Å². The maximum Gasteiger partial charge on any atom is 0.165 e. The van der Waals surface area contributed by atoms with Crippen LogP contribution in [-0.4, -0.2) is 19.1 Å². The van der Waals surface area contributed by atoms with Gasteiger partial charge in [-0.25, -0.2) is 9.97 Å². The van der Waals surface area contributed by atoms with Gasteiger partial charge in [0.2, 0.25) is 0 Å². The molecule has 0 fully saturated rings. The molecule has 0 aliphatic heterocycles. The fourth-order valence-electron chi connectivity index (χ4n) is 8.95. The van der Waals surface area contributed by atoms with Crippen LogP contribution in [0.4, 0.5) is 0 Å². The lowest BCUT2D eigenvalue weighted by Gasteiger charge is -2.15. The van der Waals surface area contributed by atoms with E-state index in [1.54, 1.807) is 0 Å². The third kappa shape index (κ3) is 4.53. The standard InChI is InChI=1S/C52H32N4/c1-2-12-33(13-3-1)34-22-24-37(25-23-34)51-52(54-44-20-10-9-19-43(44)53-51)56-47-31-27-36-15-5-7-17-40(36)50(47)42-29-28-38(32-48(42)56)55-45-21-11-8-18-41(45)49-39-16-6-4-14-35(39)26-30-46(49)55/h1-32H. The highest BCUT2D eigenvalue weighted by atomic mass is 15.1. The molecule has 0 amide bonds. The smallest absolute Gasteiger partial charge is 0.165 e. The van der Waals surface area contributed by atoms with Crippen LogP contribution < -0.4 is 0 Å². The molecule has 0 atom stereocenters. The zero-order valence-electron chi connectivity index (χ0n) is 30.3. The van der Waals surface area contributed by atoms with E-state index in [0.717, 1.165) is 50.4 Å². The Morgan fingerprint density at radius 2 is 0.857 bits per heavy atom. The van der Waals surface area contributed by atoms with Gasteiger partial charge in [-0.15, -0.1) is 0 Å². The van der Waals surface area contributed by atoms with Gasteiger partial charge >= 0.3 is 0 Å². The molecule has 4 nitrogen and oxygen atoms in total. The number of rotatable bonds is 4. The van der Waals surface area contributed by atoms with Crippen LogP contribution in [0.25, 0.3) is 110 Å². The van der Waals surface area contributed by atoms with Gasteiger partial charge in [0.25, 0.3) is 0 Å². The fraction of sp³-hybridized carbons (Fsp3) is 0. The van der Waals surface area contributed by atoms with Crippen LogP contribution in [0.3, 0.4) is 0 Å². The predicted octanol–water partition coefficient (Wildman–Crippen LogP) is 13.5. The summed E-state index contributed by atoms with van der Waals surface area (Å²) in [4.78, 5) is 10.8. The average molecular weight is 713 g/mol. The maximum absolute atomic E-state index is 5.48. The fourth-order valence-corrected chi connectivity index (χ4v) is 8.95. The van der Waals surface area contributed by atoms with E-state index >= 15 is 0 Å². The largest absolute Gasteiger partial charge is 0.309 e. The van der Waals surface area contributed by atoms with Crippen molar-refractivity contribution in [3.05, 3.63) is 194 Å². The van der Waals surface area contributed by atoms with Crippen molar-refractivity contribution in [1.29, 1.82) is 0 Å². The molecule has 0 saturated carbocycles. The highest BCUT2D eigenvalue weighted by Gasteiger charge is 2.22. The molecule has 3 aromatic heterocycles. The van der Waals surface area contributed by atoms with Crippen LogP contribution in [0.15, 0.2) is 194 Å². The molecule has 0 N–H and O–H groups in total. The molecule has 0 saturated heterocycles. The molecule has 12 rings (SSSR count). The molecule has 4 heteroatoms. The number of para-hydroxylation sites is 3. The summed E-state index contributed by atoms with van der Waals surface area (Å²) in [6.45, 7) is 0. The third-order valence-corrected chi connectivity index (χ3v) is 11.5. The first-order valence-electron chi connectivity index (χ1n) is 19.1. The van der Waals surface area contributed by atoms with Crippen LogP contribution in [0.2, 0.25) is 0 Å². The lowest BCUT2D eigenvalue weighted by molar-refractivity contribution is 1.08. The summed E-state index contributed by atoms with van der Waals surface area (Å²) in [6.07, 6.45) is 0. The molecule has 260 valence electrons. The van der Waals surface area contributed by atoms with Crippen LogP contribution in [0.5, 0.6) is 0 Å². The Morgan fingerprint density at radius 3 is 1.57 bits per heavy atom. The minimum Gasteiger partial charge on any atom is -0.309 e. The van der Waals surface area contributed by atoms with E-state index in [2.05, 4.69) is 191 Å². The van der Waals surface area contributed by atoms with Crippen LogP contribution >= 0.6 is 0 Å². The zero-order chi connectivity index (χ0) is 36.7. The lowest BCUT2D eigenvalue weighted by Crippen LogP contribution is -2.04. The Hall–Kier alpha value is -7.56. The van der Waals surface area contributed by atoms with Gasteiger partial charge < -0.3 is 4.57 Å². The number of hydrogen-bond acceptors (Lipinski definition) is 2. The number of fused-ring (bicyclic) bond motifs is 11. The first-order chi connectivity index (χ1) is 27.8. The molecule has 0 unspecified atom stereocenters. The van der Waals surface area contributed by atoms with Crippen molar-refractivity contribution < 1.29 is 0 Å². The minimum absolute atomic E-state index is 0.803. The summed E-state index contributed by atoms with van der Waals surface area (Å²) in [6, 6.07) is 69.6. The van der Waals surface area contributed by atoms with E-state index in [4.69, 9.17) is 9.97 Å². The topological polar surface area (TPSA) is 35.6 Å². The molecule has 9 aromatic carbocycles. The molecule has 12 aromatic rings. The summed E-state index contributed by atoms with van der Waals surface area (Å²) in [5, 5.41) is 9.82. The summed E-state index contributed by atoms with van der Waals surface area (Å²) in [5.41, 5.74) is 11.5. The third-order valence-electron chi connectivity index (χ3n) is 11.5. The molecular weight excluding hydrogens is 681 g/mol.